The molecule has 0 atom stereocenters. The third kappa shape index (κ3) is 5.03. The van der Waals surface area contributed by atoms with Crippen molar-refractivity contribution in [1.82, 2.24) is 4.72 Å². The number of rotatable bonds is 5. The quantitative estimate of drug-likeness (QED) is 0.905. The van der Waals surface area contributed by atoms with Crippen molar-refractivity contribution in [3.05, 3.63) is 65.2 Å². The van der Waals surface area contributed by atoms with Gasteiger partial charge in [-0.25, -0.2) is 21.9 Å². The summed E-state index contributed by atoms with van der Waals surface area (Å²) in [6, 6.07) is 9.15. The van der Waals surface area contributed by atoms with Gasteiger partial charge in [0.15, 0.2) is 11.6 Å². The average Bonchev–Trinajstić information content (AvgIpc) is 2.47. The van der Waals surface area contributed by atoms with E-state index < -0.39 is 27.6 Å². The van der Waals surface area contributed by atoms with Crippen LogP contribution in [0.3, 0.4) is 0 Å². The van der Waals surface area contributed by atoms with Crippen LogP contribution in [0.4, 0.5) is 8.78 Å². The molecule has 23 heavy (non-hydrogen) atoms. The first kappa shape index (κ1) is 16.9. The predicted molar refractivity (Wildman–Crippen MR) is 79.4 cm³/mol. The van der Waals surface area contributed by atoms with Gasteiger partial charge in [0, 0.05) is 5.56 Å². The fourth-order valence-electron chi connectivity index (χ4n) is 1.73. The molecule has 0 aliphatic heterocycles. The Morgan fingerprint density at radius 1 is 1.09 bits per heavy atom. The number of sulfonamides is 1. The highest BCUT2D eigenvalue weighted by Crippen LogP contribution is 2.15. The molecule has 0 radical (unpaired) electrons. The zero-order valence-electron chi connectivity index (χ0n) is 12.0. The number of carbonyl (C=O) groups excluding carboxylic acids is 1. The zero-order chi connectivity index (χ0) is 17.0. The Morgan fingerprint density at radius 3 is 2.30 bits per heavy atom. The van der Waals surface area contributed by atoms with E-state index >= 15 is 0 Å². The van der Waals surface area contributed by atoms with Gasteiger partial charge in [0.2, 0.25) is 10.0 Å². The summed E-state index contributed by atoms with van der Waals surface area (Å²) in [6.45, 7) is 0.0199. The molecule has 2 aromatic carbocycles. The molecule has 0 spiro atoms. The molecule has 0 heterocycles. The number of hydrogen-bond acceptors (Lipinski definition) is 4. The minimum Gasteiger partial charge on any atom is -0.489 e. The molecule has 0 aliphatic rings. The highest BCUT2D eigenvalue weighted by atomic mass is 32.2. The van der Waals surface area contributed by atoms with E-state index in [1.54, 1.807) is 0 Å². The molecule has 8 heteroatoms. The maximum Gasteiger partial charge on any atom is 0.264 e. The third-order valence-electron chi connectivity index (χ3n) is 2.78. The van der Waals surface area contributed by atoms with Crippen molar-refractivity contribution in [2.75, 3.05) is 6.26 Å². The van der Waals surface area contributed by atoms with Crippen LogP contribution in [-0.2, 0) is 16.6 Å². The summed E-state index contributed by atoms with van der Waals surface area (Å²) in [4.78, 5) is 11.6. The summed E-state index contributed by atoms with van der Waals surface area (Å²) in [5.41, 5.74) is 0.596. The Labute approximate surface area is 132 Å². The number of ether oxygens (including phenoxy) is 1. The topological polar surface area (TPSA) is 72.5 Å². The molecule has 122 valence electrons. The predicted octanol–water partition coefficient (Wildman–Crippen LogP) is 2.23. The van der Waals surface area contributed by atoms with Crippen LogP contribution in [0, 0.1) is 11.6 Å². The number of nitrogens with one attached hydrogen (secondary N) is 1. The van der Waals surface area contributed by atoms with Crippen LogP contribution in [0.15, 0.2) is 42.5 Å². The van der Waals surface area contributed by atoms with E-state index in [0.717, 1.165) is 18.4 Å². The van der Waals surface area contributed by atoms with Crippen molar-refractivity contribution in [2.24, 2.45) is 0 Å². The first-order valence-corrected chi connectivity index (χ1v) is 8.32. The first-order valence-electron chi connectivity index (χ1n) is 6.43. The van der Waals surface area contributed by atoms with E-state index in [1.807, 2.05) is 4.72 Å². The van der Waals surface area contributed by atoms with Crippen molar-refractivity contribution < 1.29 is 26.7 Å². The SMILES string of the molecule is CS(=O)(=O)NC(=O)c1ccc(OCc2ccc(F)c(F)c2)cc1. The number of carbonyl (C=O) groups is 1. The van der Waals surface area contributed by atoms with Crippen LogP contribution < -0.4 is 9.46 Å². The summed E-state index contributed by atoms with van der Waals surface area (Å²) in [6.07, 6.45) is 0.879. The van der Waals surface area contributed by atoms with E-state index in [9.17, 15) is 22.0 Å². The van der Waals surface area contributed by atoms with E-state index in [-0.39, 0.29) is 12.2 Å². The lowest BCUT2D eigenvalue weighted by Crippen LogP contribution is -2.29. The molecule has 1 amide bonds. The molecule has 0 saturated carbocycles. The second-order valence-electron chi connectivity index (χ2n) is 4.76. The summed E-state index contributed by atoms with van der Waals surface area (Å²) >= 11 is 0. The van der Waals surface area contributed by atoms with Crippen molar-refractivity contribution in [3.63, 3.8) is 0 Å². The minimum atomic E-state index is -3.63. The minimum absolute atomic E-state index is 0.0199. The highest BCUT2D eigenvalue weighted by molar-refractivity contribution is 7.89. The van der Waals surface area contributed by atoms with Crippen molar-refractivity contribution >= 4 is 15.9 Å². The molecule has 0 bridgehead atoms. The number of amides is 1. The van der Waals surface area contributed by atoms with Crippen molar-refractivity contribution in [2.45, 2.75) is 6.61 Å². The van der Waals surface area contributed by atoms with Crippen LogP contribution in [0.5, 0.6) is 5.75 Å². The molecule has 2 aromatic rings. The maximum atomic E-state index is 13.1. The van der Waals surface area contributed by atoms with Gasteiger partial charge in [-0.1, -0.05) is 6.07 Å². The van der Waals surface area contributed by atoms with Crippen molar-refractivity contribution in [1.29, 1.82) is 0 Å². The summed E-state index contributed by atoms with van der Waals surface area (Å²) < 4.78 is 55.0. The van der Waals surface area contributed by atoms with E-state index in [2.05, 4.69) is 0 Å². The molecule has 1 N–H and O–H groups in total. The zero-order valence-corrected chi connectivity index (χ0v) is 12.9. The number of benzene rings is 2. The lowest BCUT2D eigenvalue weighted by atomic mass is 10.2. The normalized spacial score (nSPS) is 11.1. The molecule has 2 rings (SSSR count). The second-order valence-corrected chi connectivity index (χ2v) is 6.51. The summed E-state index contributed by atoms with van der Waals surface area (Å²) in [7, 11) is -3.63. The van der Waals surface area contributed by atoms with E-state index in [1.165, 1.54) is 30.3 Å². The number of hydrogen-bond donors (Lipinski definition) is 1. The van der Waals surface area contributed by atoms with Crippen LogP contribution in [0.25, 0.3) is 0 Å². The Hall–Kier alpha value is -2.48. The van der Waals surface area contributed by atoms with Crippen LogP contribution in [0.1, 0.15) is 15.9 Å². The highest BCUT2D eigenvalue weighted by Gasteiger charge is 2.11. The van der Waals surface area contributed by atoms with Crippen LogP contribution in [0.2, 0.25) is 0 Å². The standard InChI is InChI=1S/C15H13F2NO4S/c1-23(20,21)18-15(19)11-3-5-12(6-4-11)22-9-10-2-7-13(16)14(17)8-10/h2-8H,9H2,1H3,(H,18,19). The van der Waals surface area contributed by atoms with Gasteiger partial charge >= 0.3 is 0 Å². The van der Waals surface area contributed by atoms with Crippen molar-refractivity contribution in [3.8, 4) is 5.75 Å². The molecule has 0 saturated heterocycles. The Balaban J connectivity index is 1.99. The third-order valence-corrected chi connectivity index (χ3v) is 3.34. The second kappa shape index (κ2) is 6.74. The van der Waals surface area contributed by atoms with Gasteiger partial charge in [-0.05, 0) is 42.0 Å². The van der Waals surface area contributed by atoms with Gasteiger partial charge in [-0.15, -0.1) is 0 Å². The van der Waals surface area contributed by atoms with Gasteiger partial charge in [-0.3, -0.25) is 4.79 Å². The van der Waals surface area contributed by atoms with Gasteiger partial charge in [0.25, 0.3) is 5.91 Å². The molecule has 5 nitrogen and oxygen atoms in total. The van der Waals surface area contributed by atoms with Gasteiger partial charge in [0.05, 0.1) is 6.26 Å². The van der Waals surface area contributed by atoms with E-state index in [0.29, 0.717) is 11.3 Å². The fourth-order valence-corrected chi connectivity index (χ4v) is 2.18. The number of halogens is 2. The van der Waals surface area contributed by atoms with E-state index in [4.69, 9.17) is 4.74 Å². The lowest BCUT2D eigenvalue weighted by Gasteiger charge is -2.08. The molecule has 0 fully saturated rings. The largest absolute Gasteiger partial charge is 0.489 e. The van der Waals surface area contributed by atoms with Gasteiger partial charge in [-0.2, -0.15) is 0 Å². The molecular weight excluding hydrogens is 328 g/mol. The van der Waals surface area contributed by atoms with Gasteiger partial charge in [0.1, 0.15) is 12.4 Å². The smallest absolute Gasteiger partial charge is 0.264 e. The van der Waals surface area contributed by atoms with Crippen LogP contribution >= 0.6 is 0 Å². The molecule has 0 aromatic heterocycles. The summed E-state index contributed by atoms with van der Waals surface area (Å²) in [5.74, 6) is -2.25. The average molecular weight is 341 g/mol. The first-order chi connectivity index (χ1) is 10.7. The Morgan fingerprint density at radius 2 is 1.74 bits per heavy atom. The Kier molecular flexibility index (Phi) is 4.95. The monoisotopic (exact) mass is 341 g/mol. The molecular formula is C15H13F2NO4S. The fraction of sp³-hybridized carbons (Fsp3) is 0.133. The molecule has 0 aliphatic carbocycles. The van der Waals surface area contributed by atoms with Gasteiger partial charge < -0.3 is 4.74 Å². The van der Waals surface area contributed by atoms with Crippen LogP contribution in [-0.4, -0.2) is 20.6 Å². The lowest BCUT2D eigenvalue weighted by molar-refractivity contribution is 0.0981. The Bertz CT molecular complexity index is 820. The molecule has 0 unspecified atom stereocenters. The summed E-state index contributed by atoms with van der Waals surface area (Å²) in [5, 5.41) is 0. The maximum absolute atomic E-state index is 13.1.